The molecule has 92 valence electrons. The molecule has 0 unspecified atom stereocenters. The van der Waals surface area contributed by atoms with Crippen molar-refractivity contribution in [1.29, 1.82) is 5.26 Å². The highest BCUT2D eigenvalue weighted by molar-refractivity contribution is 5.80. The van der Waals surface area contributed by atoms with E-state index < -0.39 is 0 Å². The van der Waals surface area contributed by atoms with E-state index in [1.165, 1.54) is 5.56 Å². The molecule has 0 aliphatic heterocycles. The molecule has 0 radical (unpaired) electrons. The van der Waals surface area contributed by atoms with Gasteiger partial charge in [-0.25, -0.2) is 0 Å². The fourth-order valence-corrected chi connectivity index (χ4v) is 2.05. The monoisotopic (exact) mass is 240 g/mol. The summed E-state index contributed by atoms with van der Waals surface area (Å²) in [5.41, 5.74) is 3.81. The van der Waals surface area contributed by atoms with Crippen LogP contribution in [0.5, 0.6) is 0 Å². The van der Waals surface area contributed by atoms with E-state index in [2.05, 4.69) is 24.0 Å². The molecule has 0 amide bonds. The molecule has 3 nitrogen and oxygen atoms in total. The number of aromatic amines is 1. The summed E-state index contributed by atoms with van der Waals surface area (Å²) < 4.78 is 0. The van der Waals surface area contributed by atoms with Gasteiger partial charge in [0, 0.05) is 17.0 Å². The lowest BCUT2D eigenvalue weighted by Crippen LogP contribution is -2.14. The Morgan fingerprint density at radius 1 is 1.28 bits per heavy atom. The standard InChI is InChI=1S/C15H16N2O/c1-9(8-16)4-13-7-12-5-10(2)11(3)6-14(12)17-15(13)18/h5-7,9H,4H2,1-3H3,(H,17,18)/t9-/m0/s1. The number of benzene rings is 1. The number of fused-ring (bicyclic) bond motifs is 1. The molecule has 0 aliphatic carbocycles. The van der Waals surface area contributed by atoms with Crippen molar-refractivity contribution in [2.24, 2.45) is 5.92 Å². The van der Waals surface area contributed by atoms with Gasteiger partial charge in [-0.2, -0.15) is 5.26 Å². The fraction of sp³-hybridized carbons (Fsp3) is 0.333. The van der Waals surface area contributed by atoms with Gasteiger partial charge in [0.15, 0.2) is 0 Å². The first-order chi connectivity index (χ1) is 8.51. The van der Waals surface area contributed by atoms with Gasteiger partial charge in [-0.15, -0.1) is 0 Å². The van der Waals surface area contributed by atoms with E-state index in [4.69, 9.17) is 5.26 Å². The molecular weight excluding hydrogens is 224 g/mol. The number of rotatable bonds is 2. The minimum atomic E-state index is -0.143. The largest absolute Gasteiger partial charge is 0.322 e. The van der Waals surface area contributed by atoms with Crippen molar-refractivity contribution in [3.63, 3.8) is 0 Å². The van der Waals surface area contributed by atoms with Gasteiger partial charge in [0.2, 0.25) is 0 Å². The summed E-state index contributed by atoms with van der Waals surface area (Å²) in [6.45, 7) is 5.90. The summed E-state index contributed by atoms with van der Waals surface area (Å²) >= 11 is 0. The molecule has 0 aliphatic rings. The normalized spacial score (nSPS) is 12.3. The molecule has 0 fully saturated rings. The summed E-state index contributed by atoms with van der Waals surface area (Å²) in [6, 6.07) is 8.11. The third-order valence-corrected chi connectivity index (χ3v) is 3.28. The molecule has 0 saturated heterocycles. The minimum absolute atomic E-state index is 0.0900. The van der Waals surface area contributed by atoms with Crippen molar-refractivity contribution >= 4 is 10.9 Å². The summed E-state index contributed by atoms with van der Waals surface area (Å²) in [7, 11) is 0. The van der Waals surface area contributed by atoms with Gasteiger partial charge in [0.25, 0.3) is 5.56 Å². The van der Waals surface area contributed by atoms with E-state index in [0.717, 1.165) is 16.5 Å². The summed E-state index contributed by atoms with van der Waals surface area (Å²) in [5, 5.41) is 9.84. The van der Waals surface area contributed by atoms with Crippen LogP contribution in [0.25, 0.3) is 10.9 Å². The Morgan fingerprint density at radius 3 is 2.61 bits per heavy atom. The predicted molar refractivity (Wildman–Crippen MR) is 72.5 cm³/mol. The second-order valence-electron chi connectivity index (χ2n) is 4.88. The molecule has 0 saturated carbocycles. The van der Waals surface area contributed by atoms with Crippen molar-refractivity contribution in [3.8, 4) is 6.07 Å². The Balaban J connectivity index is 2.58. The van der Waals surface area contributed by atoms with Crippen LogP contribution in [0, 0.1) is 31.1 Å². The van der Waals surface area contributed by atoms with Gasteiger partial charge < -0.3 is 4.98 Å². The molecule has 2 rings (SSSR count). The van der Waals surface area contributed by atoms with Crippen LogP contribution in [-0.4, -0.2) is 4.98 Å². The summed E-state index contributed by atoms with van der Waals surface area (Å²) in [4.78, 5) is 14.8. The second-order valence-corrected chi connectivity index (χ2v) is 4.88. The lowest BCUT2D eigenvalue weighted by atomic mass is 10.0. The van der Waals surface area contributed by atoms with Gasteiger partial charge in [0.1, 0.15) is 0 Å². The van der Waals surface area contributed by atoms with Gasteiger partial charge in [-0.05, 0) is 61.9 Å². The zero-order chi connectivity index (χ0) is 13.3. The third kappa shape index (κ3) is 2.28. The van der Waals surface area contributed by atoms with Crippen LogP contribution >= 0.6 is 0 Å². The first-order valence-electron chi connectivity index (χ1n) is 6.04. The number of nitrogens with zero attached hydrogens (tertiary/aromatic N) is 1. The van der Waals surface area contributed by atoms with Crippen molar-refractivity contribution in [2.45, 2.75) is 27.2 Å². The maximum atomic E-state index is 11.9. The van der Waals surface area contributed by atoms with Gasteiger partial charge in [0.05, 0.1) is 6.07 Å². The molecule has 2 aromatic rings. The number of pyridine rings is 1. The number of nitriles is 1. The van der Waals surface area contributed by atoms with Crippen LogP contribution in [0.1, 0.15) is 23.6 Å². The molecule has 3 heteroatoms. The quantitative estimate of drug-likeness (QED) is 0.877. The second kappa shape index (κ2) is 4.66. The molecule has 1 N–H and O–H groups in total. The molecule has 1 heterocycles. The van der Waals surface area contributed by atoms with Gasteiger partial charge in [-0.1, -0.05) is 0 Å². The van der Waals surface area contributed by atoms with Crippen molar-refractivity contribution in [3.05, 3.63) is 45.2 Å². The topological polar surface area (TPSA) is 56.6 Å². The van der Waals surface area contributed by atoms with Gasteiger partial charge in [-0.3, -0.25) is 4.79 Å². The first-order valence-corrected chi connectivity index (χ1v) is 6.04. The minimum Gasteiger partial charge on any atom is -0.322 e. The maximum Gasteiger partial charge on any atom is 0.251 e. The molecular formula is C15H16N2O. The van der Waals surface area contributed by atoms with E-state index in [1.807, 2.05) is 26.0 Å². The number of hydrogen-bond donors (Lipinski definition) is 1. The van der Waals surface area contributed by atoms with Crippen LogP contribution in [-0.2, 0) is 6.42 Å². The van der Waals surface area contributed by atoms with E-state index >= 15 is 0 Å². The number of nitrogens with one attached hydrogen (secondary N) is 1. The van der Waals surface area contributed by atoms with Crippen LogP contribution in [0.4, 0.5) is 0 Å². The first kappa shape index (κ1) is 12.4. The highest BCUT2D eigenvalue weighted by atomic mass is 16.1. The number of H-pyrrole nitrogens is 1. The Hall–Kier alpha value is -2.08. The van der Waals surface area contributed by atoms with Gasteiger partial charge >= 0.3 is 0 Å². The average Bonchev–Trinajstić information content (AvgIpc) is 2.32. The van der Waals surface area contributed by atoms with Crippen molar-refractivity contribution < 1.29 is 0 Å². The number of hydrogen-bond acceptors (Lipinski definition) is 2. The number of aryl methyl sites for hydroxylation is 2. The molecule has 0 spiro atoms. The van der Waals surface area contributed by atoms with Crippen molar-refractivity contribution in [1.82, 2.24) is 4.98 Å². The average molecular weight is 240 g/mol. The summed E-state index contributed by atoms with van der Waals surface area (Å²) in [5.74, 6) is -0.143. The van der Waals surface area contributed by atoms with E-state index in [9.17, 15) is 4.79 Å². The SMILES string of the molecule is Cc1cc2cc(C[C@H](C)C#N)c(=O)[nH]c2cc1C. The Labute approximate surface area is 106 Å². The Morgan fingerprint density at radius 2 is 1.94 bits per heavy atom. The zero-order valence-electron chi connectivity index (χ0n) is 10.9. The smallest absolute Gasteiger partial charge is 0.251 e. The molecule has 1 aromatic heterocycles. The highest BCUT2D eigenvalue weighted by Gasteiger charge is 2.08. The third-order valence-electron chi connectivity index (χ3n) is 3.28. The Kier molecular flexibility index (Phi) is 3.20. The van der Waals surface area contributed by atoms with E-state index in [-0.39, 0.29) is 11.5 Å². The van der Waals surface area contributed by atoms with Crippen LogP contribution in [0.15, 0.2) is 23.0 Å². The van der Waals surface area contributed by atoms with Crippen molar-refractivity contribution in [2.75, 3.05) is 0 Å². The molecule has 1 atom stereocenters. The van der Waals surface area contributed by atoms with Crippen LogP contribution < -0.4 is 5.56 Å². The maximum absolute atomic E-state index is 11.9. The zero-order valence-corrected chi connectivity index (χ0v) is 10.9. The van der Waals surface area contributed by atoms with E-state index in [0.29, 0.717) is 12.0 Å². The fourth-order valence-electron chi connectivity index (χ4n) is 2.05. The molecule has 1 aromatic carbocycles. The van der Waals surface area contributed by atoms with Crippen LogP contribution in [0.2, 0.25) is 0 Å². The molecule has 0 bridgehead atoms. The summed E-state index contributed by atoms with van der Waals surface area (Å²) in [6.07, 6.45) is 0.495. The lowest BCUT2D eigenvalue weighted by Gasteiger charge is -2.07. The lowest BCUT2D eigenvalue weighted by molar-refractivity contribution is 0.732. The van der Waals surface area contributed by atoms with Crippen LogP contribution in [0.3, 0.4) is 0 Å². The van der Waals surface area contributed by atoms with E-state index in [1.54, 1.807) is 0 Å². The molecule has 18 heavy (non-hydrogen) atoms. The highest BCUT2D eigenvalue weighted by Crippen LogP contribution is 2.18. The Bertz CT molecular complexity index is 692. The predicted octanol–water partition coefficient (Wildman–Crippen LogP) is 2.85. The number of aromatic nitrogens is 1.